The molecule has 0 bridgehead atoms. The van der Waals surface area contributed by atoms with Gasteiger partial charge in [0.05, 0.1) is 15.2 Å². The van der Waals surface area contributed by atoms with E-state index in [0.29, 0.717) is 5.92 Å². The van der Waals surface area contributed by atoms with Crippen molar-refractivity contribution in [1.29, 1.82) is 0 Å². The summed E-state index contributed by atoms with van der Waals surface area (Å²) in [5.74, 6) is 1.42. The molecule has 2 aromatic rings. The molecule has 0 saturated carbocycles. The van der Waals surface area contributed by atoms with Crippen LogP contribution in [0.3, 0.4) is 0 Å². The van der Waals surface area contributed by atoms with Crippen molar-refractivity contribution in [2.24, 2.45) is 5.92 Å². The standard InChI is InChI=1S/C15H20N2S/c1-11(2)9-17-8-7-12(10-17)15-16-13-5-3-4-6-14(13)18-15/h3-6,11-12H,7-10H2,1-2H3. The molecule has 1 atom stereocenters. The van der Waals surface area contributed by atoms with Crippen molar-refractivity contribution < 1.29 is 0 Å². The Kier molecular flexibility index (Phi) is 3.35. The SMILES string of the molecule is CC(C)CN1CCC(c2nc3ccccc3s2)C1. The molecular weight excluding hydrogens is 240 g/mol. The van der Waals surface area contributed by atoms with Crippen molar-refractivity contribution in [2.75, 3.05) is 19.6 Å². The first kappa shape index (κ1) is 12.1. The van der Waals surface area contributed by atoms with Gasteiger partial charge in [0.25, 0.3) is 0 Å². The number of benzene rings is 1. The number of nitrogens with zero attached hydrogens (tertiary/aromatic N) is 2. The molecule has 3 rings (SSSR count). The number of thiazole rings is 1. The van der Waals surface area contributed by atoms with Crippen molar-refractivity contribution in [3.05, 3.63) is 29.3 Å². The predicted molar refractivity (Wildman–Crippen MR) is 78.3 cm³/mol. The maximum Gasteiger partial charge on any atom is 0.0982 e. The average Bonchev–Trinajstić information content (AvgIpc) is 2.93. The normalized spacial score (nSPS) is 21.2. The molecule has 3 heteroatoms. The Balaban J connectivity index is 1.75. The van der Waals surface area contributed by atoms with Crippen LogP contribution in [0.25, 0.3) is 10.2 Å². The summed E-state index contributed by atoms with van der Waals surface area (Å²) in [5, 5.41) is 1.34. The highest BCUT2D eigenvalue weighted by molar-refractivity contribution is 7.18. The minimum Gasteiger partial charge on any atom is -0.302 e. The van der Waals surface area contributed by atoms with E-state index in [1.807, 2.05) is 11.3 Å². The lowest BCUT2D eigenvalue weighted by Gasteiger charge is -2.17. The largest absolute Gasteiger partial charge is 0.302 e. The Labute approximate surface area is 113 Å². The van der Waals surface area contributed by atoms with E-state index >= 15 is 0 Å². The third-order valence-electron chi connectivity index (χ3n) is 3.56. The molecular formula is C15H20N2S. The molecule has 0 aliphatic carbocycles. The molecule has 1 fully saturated rings. The first-order valence-electron chi connectivity index (χ1n) is 6.80. The molecule has 1 unspecified atom stereocenters. The van der Waals surface area contributed by atoms with Crippen LogP contribution >= 0.6 is 11.3 Å². The number of aromatic nitrogens is 1. The Morgan fingerprint density at radius 1 is 1.39 bits per heavy atom. The van der Waals surface area contributed by atoms with Gasteiger partial charge in [-0.2, -0.15) is 0 Å². The number of rotatable bonds is 3. The van der Waals surface area contributed by atoms with Crippen LogP contribution in [0.2, 0.25) is 0 Å². The molecule has 0 N–H and O–H groups in total. The summed E-state index contributed by atoms with van der Waals surface area (Å²) in [6.07, 6.45) is 1.27. The summed E-state index contributed by atoms with van der Waals surface area (Å²) in [4.78, 5) is 7.38. The van der Waals surface area contributed by atoms with Crippen LogP contribution in [0.4, 0.5) is 0 Å². The summed E-state index contributed by atoms with van der Waals surface area (Å²) in [7, 11) is 0. The van der Waals surface area contributed by atoms with Crippen LogP contribution in [-0.2, 0) is 0 Å². The first-order valence-corrected chi connectivity index (χ1v) is 7.62. The van der Waals surface area contributed by atoms with Gasteiger partial charge in [-0.1, -0.05) is 26.0 Å². The lowest BCUT2D eigenvalue weighted by atomic mass is 10.1. The second kappa shape index (κ2) is 4.98. The predicted octanol–water partition coefficient (Wildman–Crippen LogP) is 3.74. The monoisotopic (exact) mass is 260 g/mol. The molecule has 96 valence electrons. The Bertz CT molecular complexity index is 499. The van der Waals surface area contributed by atoms with Crippen molar-refractivity contribution >= 4 is 21.6 Å². The highest BCUT2D eigenvalue weighted by Crippen LogP contribution is 2.33. The number of hydrogen-bond donors (Lipinski definition) is 0. The van der Waals surface area contributed by atoms with Crippen LogP contribution < -0.4 is 0 Å². The molecule has 0 radical (unpaired) electrons. The maximum atomic E-state index is 4.80. The molecule has 1 saturated heterocycles. The highest BCUT2D eigenvalue weighted by Gasteiger charge is 2.26. The van der Waals surface area contributed by atoms with Crippen LogP contribution in [0.1, 0.15) is 31.2 Å². The van der Waals surface area contributed by atoms with E-state index in [2.05, 4.69) is 43.0 Å². The van der Waals surface area contributed by atoms with Gasteiger partial charge in [-0.15, -0.1) is 11.3 Å². The summed E-state index contributed by atoms with van der Waals surface area (Å²) in [6.45, 7) is 8.24. The molecule has 0 amide bonds. The number of para-hydroxylation sites is 1. The minimum absolute atomic E-state index is 0.654. The van der Waals surface area contributed by atoms with Gasteiger partial charge in [-0.05, 0) is 31.0 Å². The van der Waals surface area contributed by atoms with Gasteiger partial charge in [0.1, 0.15) is 0 Å². The third kappa shape index (κ3) is 2.43. The van der Waals surface area contributed by atoms with Gasteiger partial charge in [-0.25, -0.2) is 4.98 Å². The molecule has 2 nitrogen and oxygen atoms in total. The van der Waals surface area contributed by atoms with E-state index < -0.39 is 0 Å². The second-order valence-electron chi connectivity index (χ2n) is 5.66. The smallest absolute Gasteiger partial charge is 0.0982 e. The fourth-order valence-corrected chi connectivity index (χ4v) is 3.87. The molecule has 1 aliphatic heterocycles. The maximum absolute atomic E-state index is 4.80. The highest BCUT2D eigenvalue weighted by atomic mass is 32.1. The van der Waals surface area contributed by atoms with Gasteiger partial charge in [0.15, 0.2) is 0 Å². The van der Waals surface area contributed by atoms with E-state index in [1.54, 1.807) is 0 Å². The lowest BCUT2D eigenvalue weighted by molar-refractivity contribution is 0.295. The Hall–Kier alpha value is -0.930. The fourth-order valence-electron chi connectivity index (χ4n) is 2.78. The number of hydrogen-bond acceptors (Lipinski definition) is 3. The van der Waals surface area contributed by atoms with E-state index in [9.17, 15) is 0 Å². The van der Waals surface area contributed by atoms with Crippen molar-refractivity contribution in [2.45, 2.75) is 26.2 Å². The summed E-state index contributed by atoms with van der Waals surface area (Å²) < 4.78 is 1.33. The van der Waals surface area contributed by atoms with E-state index in [1.165, 1.54) is 41.3 Å². The van der Waals surface area contributed by atoms with Crippen LogP contribution in [0, 0.1) is 5.92 Å². The Morgan fingerprint density at radius 3 is 3.00 bits per heavy atom. The van der Waals surface area contributed by atoms with Crippen molar-refractivity contribution in [3.8, 4) is 0 Å². The lowest BCUT2D eigenvalue weighted by Crippen LogP contribution is -2.24. The summed E-state index contributed by atoms with van der Waals surface area (Å²) in [6, 6.07) is 8.48. The molecule has 1 aliphatic rings. The summed E-state index contributed by atoms with van der Waals surface area (Å²) in [5.41, 5.74) is 1.17. The number of likely N-dealkylation sites (tertiary alicyclic amines) is 1. The van der Waals surface area contributed by atoms with Gasteiger partial charge in [-0.3, -0.25) is 0 Å². The van der Waals surface area contributed by atoms with Gasteiger partial charge in [0.2, 0.25) is 0 Å². The first-order chi connectivity index (χ1) is 8.72. The zero-order valence-corrected chi connectivity index (χ0v) is 11.9. The van der Waals surface area contributed by atoms with Crippen LogP contribution in [-0.4, -0.2) is 29.5 Å². The molecule has 2 heterocycles. The van der Waals surface area contributed by atoms with E-state index in [-0.39, 0.29) is 0 Å². The quantitative estimate of drug-likeness (QED) is 0.835. The topological polar surface area (TPSA) is 16.1 Å². The van der Waals surface area contributed by atoms with E-state index in [4.69, 9.17) is 4.98 Å². The minimum atomic E-state index is 0.654. The van der Waals surface area contributed by atoms with Gasteiger partial charge in [0, 0.05) is 19.0 Å². The van der Waals surface area contributed by atoms with E-state index in [0.717, 1.165) is 5.92 Å². The molecule has 0 spiro atoms. The molecule has 18 heavy (non-hydrogen) atoms. The van der Waals surface area contributed by atoms with Crippen molar-refractivity contribution in [1.82, 2.24) is 9.88 Å². The zero-order valence-electron chi connectivity index (χ0n) is 11.1. The second-order valence-corrected chi connectivity index (χ2v) is 6.72. The zero-order chi connectivity index (χ0) is 12.5. The fraction of sp³-hybridized carbons (Fsp3) is 0.533. The van der Waals surface area contributed by atoms with Crippen molar-refractivity contribution in [3.63, 3.8) is 0 Å². The van der Waals surface area contributed by atoms with Crippen LogP contribution in [0.5, 0.6) is 0 Å². The van der Waals surface area contributed by atoms with Gasteiger partial charge < -0.3 is 4.90 Å². The van der Waals surface area contributed by atoms with Gasteiger partial charge >= 0.3 is 0 Å². The molecule has 1 aromatic heterocycles. The average molecular weight is 260 g/mol. The third-order valence-corrected chi connectivity index (χ3v) is 4.75. The Morgan fingerprint density at radius 2 is 2.22 bits per heavy atom. The summed E-state index contributed by atoms with van der Waals surface area (Å²) >= 11 is 1.88. The number of fused-ring (bicyclic) bond motifs is 1. The van der Waals surface area contributed by atoms with Crippen LogP contribution in [0.15, 0.2) is 24.3 Å². The molecule has 1 aromatic carbocycles.